The van der Waals surface area contributed by atoms with Crippen molar-refractivity contribution in [2.45, 2.75) is 99.0 Å². The highest BCUT2D eigenvalue weighted by atomic mass is 16.5. The Morgan fingerprint density at radius 2 is 1.67 bits per heavy atom. The average Bonchev–Trinajstić information content (AvgIpc) is 2.84. The first-order valence-electron chi connectivity index (χ1n) is 12.8. The number of hydrogen-bond acceptors (Lipinski definition) is 2. The number of rotatable bonds is 10. The number of benzene rings is 1. The molecule has 3 nitrogen and oxygen atoms in total. The summed E-state index contributed by atoms with van der Waals surface area (Å²) in [6.45, 7) is 21.2. The normalized spacial score (nSPS) is 16.2. The van der Waals surface area contributed by atoms with Gasteiger partial charge in [-0.3, -0.25) is 4.99 Å². The van der Waals surface area contributed by atoms with E-state index in [0.29, 0.717) is 12.0 Å². The largest absolute Gasteiger partial charge is 0.497 e. The van der Waals surface area contributed by atoms with Gasteiger partial charge in [-0.05, 0) is 75.3 Å². The molecule has 1 aliphatic rings. The standard InChI is InChI=1S/C28H42N2O.C2H6/c1-8-27(20(2)3)22(5)21(4)23(6)29-28(30-25-12-10-9-11-13-25)19-16-24-14-17-26(31-7)18-15-24;1-2/h14-15,17-18,25,27H,2,5,8-13,16,19H2,1,3-4,6-7H3,(H,29,30);1-2H3/b23-21+;. The monoisotopic (exact) mass is 452 g/mol. The minimum Gasteiger partial charge on any atom is -0.497 e. The van der Waals surface area contributed by atoms with E-state index in [9.17, 15) is 0 Å². The van der Waals surface area contributed by atoms with Gasteiger partial charge in [-0.2, -0.15) is 0 Å². The fourth-order valence-corrected chi connectivity index (χ4v) is 4.35. The van der Waals surface area contributed by atoms with Crippen LogP contribution in [0, 0.1) is 5.92 Å². The molecule has 33 heavy (non-hydrogen) atoms. The third-order valence-corrected chi connectivity index (χ3v) is 6.52. The number of hydrogen-bond donors (Lipinski definition) is 1. The summed E-state index contributed by atoms with van der Waals surface area (Å²) in [5.41, 5.74) is 6.00. The van der Waals surface area contributed by atoms with Crippen molar-refractivity contribution in [1.82, 2.24) is 5.32 Å². The zero-order valence-corrected chi connectivity index (χ0v) is 22.4. The summed E-state index contributed by atoms with van der Waals surface area (Å²) in [5, 5.41) is 3.67. The molecule has 1 aromatic rings. The Bertz CT molecular complexity index is 795. The fraction of sp³-hybridized carbons (Fsp3) is 0.567. The van der Waals surface area contributed by atoms with Gasteiger partial charge in [0.1, 0.15) is 11.6 Å². The molecule has 0 amide bonds. The van der Waals surface area contributed by atoms with Crippen molar-refractivity contribution in [3.63, 3.8) is 0 Å². The van der Waals surface area contributed by atoms with Crippen LogP contribution in [0.1, 0.15) is 92.1 Å². The van der Waals surface area contributed by atoms with E-state index in [4.69, 9.17) is 9.73 Å². The molecule has 1 atom stereocenters. The molecule has 0 spiro atoms. The lowest BCUT2D eigenvalue weighted by molar-refractivity contribution is 0.414. The lowest BCUT2D eigenvalue weighted by atomic mass is 9.86. The quantitative estimate of drug-likeness (QED) is 0.167. The molecule has 1 N–H and O–H groups in total. The van der Waals surface area contributed by atoms with Gasteiger partial charge in [-0.25, -0.2) is 0 Å². The first kappa shape index (κ1) is 28.7. The molecule has 0 aliphatic heterocycles. The van der Waals surface area contributed by atoms with Gasteiger partial charge in [0.25, 0.3) is 0 Å². The maximum Gasteiger partial charge on any atom is 0.118 e. The Labute approximate surface area is 204 Å². The minimum atomic E-state index is 0.329. The number of nitrogens with one attached hydrogen (secondary N) is 1. The molecule has 0 heterocycles. The highest BCUT2D eigenvalue weighted by Gasteiger charge is 2.16. The van der Waals surface area contributed by atoms with Crippen molar-refractivity contribution in [3.05, 3.63) is 65.4 Å². The molecule has 0 radical (unpaired) electrons. The maximum atomic E-state index is 5.29. The first-order valence-corrected chi connectivity index (χ1v) is 12.8. The molecule has 0 saturated heterocycles. The van der Waals surface area contributed by atoms with E-state index in [1.807, 2.05) is 26.0 Å². The first-order chi connectivity index (χ1) is 15.8. The summed E-state index contributed by atoms with van der Waals surface area (Å²) in [5.74, 6) is 2.32. The highest BCUT2D eigenvalue weighted by Crippen LogP contribution is 2.28. The Hall–Kier alpha value is -2.29. The van der Waals surface area contributed by atoms with E-state index in [-0.39, 0.29) is 0 Å². The highest BCUT2D eigenvalue weighted by molar-refractivity contribution is 5.84. The average molecular weight is 453 g/mol. The molecule has 2 rings (SSSR count). The van der Waals surface area contributed by atoms with Gasteiger partial charge >= 0.3 is 0 Å². The lowest BCUT2D eigenvalue weighted by Gasteiger charge is -2.23. The van der Waals surface area contributed by atoms with Crippen LogP contribution in [0.5, 0.6) is 5.75 Å². The molecule has 1 fully saturated rings. The van der Waals surface area contributed by atoms with Crippen molar-refractivity contribution >= 4 is 5.84 Å². The van der Waals surface area contributed by atoms with E-state index in [1.54, 1.807) is 7.11 Å². The van der Waals surface area contributed by atoms with Crippen LogP contribution in [0.4, 0.5) is 0 Å². The molecular formula is C30H48N2O. The zero-order chi connectivity index (χ0) is 24.8. The second kappa shape index (κ2) is 15.5. The van der Waals surface area contributed by atoms with Gasteiger partial charge in [-0.15, -0.1) is 0 Å². The molecule has 3 heteroatoms. The summed E-state index contributed by atoms with van der Waals surface area (Å²) >= 11 is 0. The minimum absolute atomic E-state index is 0.329. The van der Waals surface area contributed by atoms with Crippen LogP contribution in [-0.2, 0) is 6.42 Å². The molecular weight excluding hydrogens is 404 g/mol. The number of amidine groups is 1. The molecule has 1 aromatic carbocycles. The summed E-state index contributed by atoms with van der Waals surface area (Å²) in [6, 6.07) is 8.80. The summed E-state index contributed by atoms with van der Waals surface area (Å²) in [6.07, 6.45) is 9.22. The number of allylic oxidation sites excluding steroid dienone is 4. The maximum absolute atomic E-state index is 5.29. The summed E-state index contributed by atoms with van der Waals surface area (Å²) in [4.78, 5) is 5.17. The van der Waals surface area contributed by atoms with Crippen LogP contribution in [0.15, 0.2) is 64.8 Å². The number of nitrogens with zero attached hydrogens (tertiary/aromatic N) is 1. The number of ether oxygens (including phenoxy) is 1. The van der Waals surface area contributed by atoms with Gasteiger partial charge in [0, 0.05) is 18.0 Å². The van der Waals surface area contributed by atoms with E-state index >= 15 is 0 Å². The van der Waals surface area contributed by atoms with Crippen LogP contribution in [0.25, 0.3) is 0 Å². The topological polar surface area (TPSA) is 33.6 Å². The van der Waals surface area contributed by atoms with Crippen LogP contribution in [-0.4, -0.2) is 19.0 Å². The van der Waals surface area contributed by atoms with Crippen molar-refractivity contribution in [2.24, 2.45) is 10.9 Å². The SMILES string of the molecule is C=C(C)C(CC)C(=C)/C(C)=C(\C)NC(CCc1ccc(OC)cc1)=NC1CCCCC1.CC. The van der Waals surface area contributed by atoms with Gasteiger partial charge in [0.2, 0.25) is 0 Å². The van der Waals surface area contributed by atoms with Gasteiger partial charge in [0.05, 0.1) is 13.2 Å². The summed E-state index contributed by atoms with van der Waals surface area (Å²) < 4.78 is 5.29. The summed E-state index contributed by atoms with van der Waals surface area (Å²) in [7, 11) is 1.70. The molecule has 184 valence electrons. The smallest absolute Gasteiger partial charge is 0.118 e. The van der Waals surface area contributed by atoms with Crippen molar-refractivity contribution in [2.75, 3.05) is 7.11 Å². The molecule has 1 aliphatic carbocycles. The van der Waals surface area contributed by atoms with Crippen LogP contribution in [0.2, 0.25) is 0 Å². The van der Waals surface area contributed by atoms with Gasteiger partial charge < -0.3 is 10.1 Å². The van der Waals surface area contributed by atoms with Gasteiger partial charge in [0.15, 0.2) is 0 Å². The number of methoxy groups -OCH3 is 1. The number of aliphatic imine (C=N–C) groups is 1. The number of aryl methyl sites for hydroxylation is 1. The Kier molecular flexibility index (Phi) is 13.5. The van der Waals surface area contributed by atoms with E-state index in [2.05, 4.69) is 58.3 Å². The molecule has 0 bridgehead atoms. The molecule has 1 unspecified atom stereocenters. The van der Waals surface area contributed by atoms with Crippen molar-refractivity contribution in [3.8, 4) is 5.75 Å². The third-order valence-electron chi connectivity index (χ3n) is 6.52. The predicted molar refractivity (Wildman–Crippen MR) is 146 cm³/mol. The second-order valence-corrected chi connectivity index (χ2v) is 8.92. The van der Waals surface area contributed by atoms with Crippen molar-refractivity contribution < 1.29 is 4.74 Å². The van der Waals surface area contributed by atoms with E-state index in [1.165, 1.54) is 48.8 Å². The Balaban J connectivity index is 0.00000265. The van der Waals surface area contributed by atoms with Crippen LogP contribution in [0.3, 0.4) is 0 Å². The Morgan fingerprint density at radius 1 is 1.06 bits per heavy atom. The molecule has 0 aromatic heterocycles. The lowest BCUT2D eigenvalue weighted by Crippen LogP contribution is -2.26. The molecule has 1 saturated carbocycles. The zero-order valence-electron chi connectivity index (χ0n) is 22.4. The predicted octanol–water partition coefficient (Wildman–Crippen LogP) is 8.43. The van der Waals surface area contributed by atoms with Crippen LogP contribution >= 0.6 is 0 Å². The van der Waals surface area contributed by atoms with E-state index < -0.39 is 0 Å². The van der Waals surface area contributed by atoms with E-state index in [0.717, 1.165) is 42.1 Å². The fourth-order valence-electron chi connectivity index (χ4n) is 4.35. The van der Waals surface area contributed by atoms with Crippen molar-refractivity contribution in [1.29, 1.82) is 0 Å². The third kappa shape index (κ3) is 9.61. The Morgan fingerprint density at radius 3 is 2.18 bits per heavy atom. The second-order valence-electron chi connectivity index (χ2n) is 8.92. The van der Waals surface area contributed by atoms with Crippen LogP contribution < -0.4 is 10.1 Å². The van der Waals surface area contributed by atoms with Gasteiger partial charge in [-0.1, -0.05) is 70.9 Å².